The average molecular weight is 274 g/mol. The molecule has 0 aromatic heterocycles. The van der Waals surface area contributed by atoms with E-state index >= 15 is 0 Å². The van der Waals surface area contributed by atoms with Gasteiger partial charge in [-0.2, -0.15) is 0 Å². The predicted octanol–water partition coefficient (Wildman–Crippen LogP) is 1.61. The molecule has 0 aromatic carbocycles. The molecule has 2 N–H and O–H groups in total. The van der Waals surface area contributed by atoms with Crippen molar-refractivity contribution in [1.29, 1.82) is 0 Å². The third kappa shape index (κ3) is 8.18. The monoisotopic (exact) mass is 274 g/mol. The summed E-state index contributed by atoms with van der Waals surface area (Å²) in [4.78, 5) is 13.8. The molecular formula is C14H30N2O3. The Morgan fingerprint density at radius 2 is 1.68 bits per heavy atom. The lowest BCUT2D eigenvalue weighted by Crippen LogP contribution is -2.47. The van der Waals surface area contributed by atoms with Crippen LogP contribution in [-0.4, -0.2) is 49.4 Å². The summed E-state index contributed by atoms with van der Waals surface area (Å²) in [7, 11) is 0. The highest BCUT2D eigenvalue weighted by Gasteiger charge is 2.22. The van der Waals surface area contributed by atoms with Gasteiger partial charge in [0.1, 0.15) is 0 Å². The molecule has 1 unspecified atom stereocenters. The second kappa shape index (κ2) is 10.2. The van der Waals surface area contributed by atoms with Gasteiger partial charge in [0.15, 0.2) is 6.29 Å². The van der Waals surface area contributed by atoms with E-state index in [0.29, 0.717) is 32.2 Å². The van der Waals surface area contributed by atoms with Crippen LogP contribution in [0.5, 0.6) is 0 Å². The standard InChI is InChI=1S/C14H30N2O3/c1-6-18-13(19-7-2)10-16(9-8-11(3)4)14(17)12(5)15/h11-13H,6-10,15H2,1-5H3. The summed E-state index contributed by atoms with van der Waals surface area (Å²) in [6.07, 6.45) is 0.577. The smallest absolute Gasteiger partial charge is 0.239 e. The fourth-order valence-corrected chi connectivity index (χ4v) is 1.70. The van der Waals surface area contributed by atoms with E-state index in [1.165, 1.54) is 0 Å². The van der Waals surface area contributed by atoms with Gasteiger partial charge in [-0.05, 0) is 33.1 Å². The van der Waals surface area contributed by atoms with Gasteiger partial charge in [0.05, 0.1) is 12.6 Å². The van der Waals surface area contributed by atoms with E-state index in [0.717, 1.165) is 6.42 Å². The second-order valence-corrected chi connectivity index (χ2v) is 5.10. The van der Waals surface area contributed by atoms with Crippen molar-refractivity contribution in [2.24, 2.45) is 11.7 Å². The third-order valence-corrected chi connectivity index (χ3v) is 2.75. The van der Waals surface area contributed by atoms with Crippen molar-refractivity contribution in [3.63, 3.8) is 0 Å². The van der Waals surface area contributed by atoms with Gasteiger partial charge in [-0.3, -0.25) is 4.79 Å². The number of nitrogens with two attached hydrogens (primary N) is 1. The van der Waals surface area contributed by atoms with Crippen molar-refractivity contribution in [3.8, 4) is 0 Å². The number of rotatable bonds is 10. The van der Waals surface area contributed by atoms with Crippen LogP contribution >= 0.6 is 0 Å². The van der Waals surface area contributed by atoms with Crippen molar-refractivity contribution in [1.82, 2.24) is 4.90 Å². The molecular weight excluding hydrogens is 244 g/mol. The zero-order chi connectivity index (χ0) is 14.8. The summed E-state index contributed by atoms with van der Waals surface area (Å²) in [5, 5.41) is 0. The topological polar surface area (TPSA) is 64.8 Å². The highest BCUT2D eigenvalue weighted by atomic mass is 16.7. The van der Waals surface area contributed by atoms with Crippen molar-refractivity contribution in [2.45, 2.75) is 53.4 Å². The minimum absolute atomic E-state index is 0.0509. The Hall–Kier alpha value is -0.650. The lowest BCUT2D eigenvalue weighted by molar-refractivity contribution is -0.159. The SMILES string of the molecule is CCOC(CN(CCC(C)C)C(=O)C(C)N)OCC. The first-order valence-electron chi connectivity index (χ1n) is 7.19. The molecule has 0 fully saturated rings. The van der Waals surface area contributed by atoms with Gasteiger partial charge in [-0.1, -0.05) is 13.8 Å². The highest BCUT2D eigenvalue weighted by Crippen LogP contribution is 2.07. The first-order chi connectivity index (χ1) is 8.92. The van der Waals surface area contributed by atoms with Crippen LogP contribution in [0.25, 0.3) is 0 Å². The molecule has 1 atom stereocenters. The number of amides is 1. The van der Waals surface area contributed by atoms with Crippen LogP contribution in [0.1, 0.15) is 41.0 Å². The molecule has 0 radical (unpaired) electrons. The zero-order valence-electron chi connectivity index (χ0n) is 13.0. The predicted molar refractivity (Wildman–Crippen MR) is 76.7 cm³/mol. The van der Waals surface area contributed by atoms with E-state index in [1.807, 2.05) is 13.8 Å². The Balaban J connectivity index is 4.56. The lowest BCUT2D eigenvalue weighted by atomic mass is 10.1. The number of hydrogen-bond acceptors (Lipinski definition) is 4. The van der Waals surface area contributed by atoms with Crippen LogP contribution in [0.4, 0.5) is 0 Å². The molecule has 0 rings (SSSR count). The third-order valence-electron chi connectivity index (χ3n) is 2.75. The Morgan fingerprint density at radius 1 is 1.16 bits per heavy atom. The molecule has 0 aliphatic heterocycles. The molecule has 0 aliphatic carbocycles. The summed E-state index contributed by atoms with van der Waals surface area (Å²) in [5.41, 5.74) is 5.69. The van der Waals surface area contributed by atoms with Crippen LogP contribution in [0.15, 0.2) is 0 Å². The quantitative estimate of drug-likeness (QED) is 0.615. The fourth-order valence-electron chi connectivity index (χ4n) is 1.70. The van der Waals surface area contributed by atoms with Crippen LogP contribution in [-0.2, 0) is 14.3 Å². The minimum Gasteiger partial charge on any atom is -0.351 e. The summed E-state index contributed by atoms with van der Waals surface area (Å²) in [6, 6.07) is -0.490. The Bertz CT molecular complexity index is 239. The normalized spacial score (nSPS) is 13.1. The first kappa shape index (κ1) is 18.4. The first-order valence-corrected chi connectivity index (χ1v) is 7.19. The average Bonchev–Trinajstić information content (AvgIpc) is 2.33. The molecule has 0 bridgehead atoms. The van der Waals surface area contributed by atoms with Crippen LogP contribution in [0.2, 0.25) is 0 Å². The maximum atomic E-state index is 12.1. The van der Waals surface area contributed by atoms with Crippen molar-refractivity contribution >= 4 is 5.91 Å². The number of nitrogens with zero attached hydrogens (tertiary/aromatic N) is 1. The molecule has 1 amide bonds. The Labute approximate surface area is 117 Å². The second-order valence-electron chi connectivity index (χ2n) is 5.10. The highest BCUT2D eigenvalue weighted by molar-refractivity contribution is 5.81. The Kier molecular flexibility index (Phi) is 9.83. The maximum absolute atomic E-state index is 12.1. The minimum atomic E-state index is -0.490. The van der Waals surface area contributed by atoms with Crippen LogP contribution < -0.4 is 5.73 Å². The molecule has 0 heterocycles. The lowest BCUT2D eigenvalue weighted by Gasteiger charge is -2.29. The molecule has 5 heteroatoms. The summed E-state index contributed by atoms with van der Waals surface area (Å²) >= 11 is 0. The number of hydrogen-bond donors (Lipinski definition) is 1. The molecule has 19 heavy (non-hydrogen) atoms. The van der Waals surface area contributed by atoms with Crippen LogP contribution in [0.3, 0.4) is 0 Å². The zero-order valence-corrected chi connectivity index (χ0v) is 13.0. The van der Waals surface area contributed by atoms with Gasteiger partial charge in [0.25, 0.3) is 0 Å². The van der Waals surface area contributed by atoms with Crippen molar-refractivity contribution < 1.29 is 14.3 Å². The van der Waals surface area contributed by atoms with Gasteiger partial charge in [0.2, 0.25) is 5.91 Å². The molecule has 0 aliphatic rings. The summed E-state index contributed by atoms with van der Waals surface area (Å²) in [5.74, 6) is 0.492. The van der Waals surface area contributed by atoms with Gasteiger partial charge in [-0.25, -0.2) is 0 Å². The summed E-state index contributed by atoms with van der Waals surface area (Å²) in [6.45, 7) is 12.1. The van der Waals surface area contributed by atoms with Crippen molar-refractivity contribution in [2.75, 3.05) is 26.3 Å². The number of carbonyl (C=O) groups is 1. The van der Waals surface area contributed by atoms with E-state index < -0.39 is 6.04 Å². The molecule has 5 nitrogen and oxygen atoms in total. The maximum Gasteiger partial charge on any atom is 0.239 e. The van der Waals surface area contributed by atoms with Gasteiger partial charge in [0, 0.05) is 19.8 Å². The van der Waals surface area contributed by atoms with E-state index in [9.17, 15) is 4.79 Å². The molecule has 114 valence electrons. The van der Waals surface area contributed by atoms with Crippen molar-refractivity contribution in [3.05, 3.63) is 0 Å². The molecule has 0 saturated carbocycles. The van der Waals surface area contributed by atoms with E-state index in [1.54, 1.807) is 11.8 Å². The van der Waals surface area contributed by atoms with E-state index in [-0.39, 0.29) is 12.2 Å². The van der Waals surface area contributed by atoms with Crippen LogP contribution in [0, 0.1) is 5.92 Å². The van der Waals surface area contributed by atoms with E-state index in [2.05, 4.69) is 13.8 Å². The summed E-state index contributed by atoms with van der Waals surface area (Å²) < 4.78 is 11.0. The van der Waals surface area contributed by atoms with Gasteiger partial charge < -0.3 is 20.1 Å². The fraction of sp³-hybridized carbons (Fsp3) is 0.929. The van der Waals surface area contributed by atoms with E-state index in [4.69, 9.17) is 15.2 Å². The largest absolute Gasteiger partial charge is 0.351 e. The number of ether oxygens (including phenoxy) is 2. The molecule has 0 aromatic rings. The Morgan fingerprint density at radius 3 is 2.05 bits per heavy atom. The molecule has 0 saturated heterocycles. The van der Waals surface area contributed by atoms with Gasteiger partial charge in [-0.15, -0.1) is 0 Å². The number of carbonyl (C=O) groups excluding carboxylic acids is 1. The van der Waals surface area contributed by atoms with Gasteiger partial charge >= 0.3 is 0 Å². The molecule has 0 spiro atoms.